The SMILES string of the molecule is C=C/C=C\C(BO)=C\CSc1ccc(C(=O)N(C)c2ccc(F)cc2)cn1. The Morgan fingerprint density at radius 1 is 1.33 bits per heavy atom. The maximum atomic E-state index is 13.0. The van der Waals surface area contributed by atoms with Crippen LogP contribution in [0.3, 0.4) is 0 Å². The normalized spacial score (nSPS) is 11.4. The van der Waals surface area contributed by atoms with Gasteiger partial charge in [-0.25, -0.2) is 9.37 Å². The first-order valence-electron chi connectivity index (χ1n) is 8.26. The molecule has 0 radical (unpaired) electrons. The van der Waals surface area contributed by atoms with Gasteiger partial charge in [-0.05, 0) is 36.4 Å². The third-order valence-electron chi connectivity index (χ3n) is 3.71. The predicted octanol–water partition coefficient (Wildman–Crippen LogP) is 3.56. The number of thioether (sulfide) groups is 1. The first kappa shape index (κ1) is 20.7. The minimum Gasteiger partial charge on any atom is -0.449 e. The molecule has 7 heteroatoms. The summed E-state index contributed by atoms with van der Waals surface area (Å²) >= 11 is 1.50. The molecule has 0 saturated heterocycles. The molecule has 0 spiro atoms. The van der Waals surface area contributed by atoms with E-state index < -0.39 is 0 Å². The van der Waals surface area contributed by atoms with Crippen molar-refractivity contribution in [3.05, 3.63) is 90.3 Å². The Balaban J connectivity index is 1.98. The second-order valence-corrected chi connectivity index (χ2v) is 6.61. The zero-order chi connectivity index (χ0) is 19.6. The van der Waals surface area contributed by atoms with E-state index in [1.165, 1.54) is 35.0 Å². The van der Waals surface area contributed by atoms with Crippen molar-refractivity contribution in [3.8, 4) is 0 Å². The lowest BCUT2D eigenvalue weighted by atomic mass is 9.87. The minimum atomic E-state index is -0.346. The van der Waals surface area contributed by atoms with Gasteiger partial charge in [0.2, 0.25) is 0 Å². The summed E-state index contributed by atoms with van der Waals surface area (Å²) in [7, 11) is 1.59. The number of nitrogens with zero attached hydrogens (tertiary/aromatic N) is 2. The van der Waals surface area contributed by atoms with Gasteiger partial charge in [-0.1, -0.05) is 36.4 Å². The van der Waals surface area contributed by atoms with Gasteiger partial charge in [0.25, 0.3) is 5.91 Å². The number of benzene rings is 1. The average molecular weight is 382 g/mol. The molecule has 2 rings (SSSR count). The van der Waals surface area contributed by atoms with Gasteiger partial charge < -0.3 is 9.92 Å². The number of allylic oxidation sites excluding steroid dienone is 4. The van der Waals surface area contributed by atoms with Crippen LogP contribution in [-0.2, 0) is 0 Å². The highest BCUT2D eigenvalue weighted by molar-refractivity contribution is 7.99. The molecule has 0 bridgehead atoms. The van der Waals surface area contributed by atoms with E-state index in [4.69, 9.17) is 0 Å². The van der Waals surface area contributed by atoms with Crippen LogP contribution in [0, 0.1) is 5.82 Å². The van der Waals surface area contributed by atoms with Gasteiger partial charge in [-0.15, -0.1) is 11.8 Å². The summed E-state index contributed by atoms with van der Waals surface area (Å²) in [6.07, 6.45) is 8.65. The molecule has 4 nitrogen and oxygen atoms in total. The Morgan fingerprint density at radius 3 is 2.67 bits per heavy atom. The number of halogens is 1. The molecule has 0 atom stereocenters. The Kier molecular flexibility index (Phi) is 8.04. The monoisotopic (exact) mass is 382 g/mol. The molecule has 0 aliphatic carbocycles. The van der Waals surface area contributed by atoms with Crippen molar-refractivity contribution in [1.29, 1.82) is 0 Å². The summed E-state index contributed by atoms with van der Waals surface area (Å²) in [5.74, 6) is 0.0800. The lowest BCUT2D eigenvalue weighted by molar-refractivity contribution is 0.0992. The van der Waals surface area contributed by atoms with Gasteiger partial charge in [-0.2, -0.15) is 0 Å². The van der Waals surface area contributed by atoms with E-state index in [1.54, 1.807) is 49.5 Å². The second-order valence-electron chi connectivity index (χ2n) is 5.57. The third kappa shape index (κ3) is 6.23. The number of hydrogen-bond acceptors (Lipinski definition) is 4. The van der Waals surface area contributed by atoms with Crippen molar-refractivity contribution in [3.63, 3.8) is 0 Å². The zero-order valence-corrected chi connectivity index (χ0v) is 15.8. The predicted molar refractivity (Wildman–Crippen MR) is 111 cm³/mol. The molecule has 0 fully saturated rings. The number of carbonyl (C=O) groups is 1. The molecular formula is C20H20BFN2O2S. The minimum absolute atomic E-state index is 0.0402. The van der Waals surface area contributed by atoms with Crippen LogP contribution in [-0.4, -0.2) is 36.2 Å². The summed E-state index contributed by atoms with van der Waals surface area (Å²) in [5.41, 5.74) is 1.86. The van der Waals surface area contributed by atoms with Crippen molar-refractivity contribution in [1.82, 2.24) is 4.98 Å². The van der Waals surface area contributed by atoms with E-state index in [0.29, 0.717) is 17.0 Å². The molecule has 1 amide bonds. The van der Waals surface area contributed by atoms with Crippen LogP contribution >= 0.6 is 11.8 Å². The van der Waals surface area contributed by atoms with E-state index in [2.05, 4.69) is 11.6 Å². The largest absolute Gasteiger partial charge is 0.449 e. The molecule has 1 N–H and O–H groups in total. The second kappa shape index (κ2) is 10.5. The van der Waals surface area contributed by atoms with E-state index in [1.807, 2.05) is 6.08 Å². The molecule has 0 aliphatic rings. The number of pyridine rings is 1. The van der Waals surface area contributed by atoms with Gasteiger partial charge in [0.15, 0.2) is 0 Å². The average Bonchev–Trinajstić information content (AvgIpc) is 2.70. The Hall–Kier alpha value is -2.64. The van der Waals surface area contributed by atoms with Crippen molar-refractivity contribution >= 4 is 30.8 Å². The Bertz CT molecular complexity index is 836. The number of aromatic nitrogens is 1. The maximum Gasteiger partial charge on any atom is 0.304 e. The molecule has 27 heavy (non-hydrogen) atoms. The van der Waals surface area contributed by atoms with Gasteiger partial charge >= 0.3 is 7.48 Å². The summed E-state index contributed by atoms with van der Waals surface area (Å²) in [6, 6.07) is 9.23. The summed E-state index contributed by atoms with van der Waals surface area (Å²) in [6.45, 7) is 3.59. The van der Waals surface area contributed by atoms with Crippen LogP contribution in [0.25, 0.3) is 0 Å². The van der Waals surface area contributed by atoms with Crippen LogP contribution in [0.15, 0.2) is 84.0 Å². The van der Waals surface area contributed by atoms with Crippen LogP contribution in [0.2, 0.25) is 0 Å². The fourth-order valence-corrected chi connectivity index (χ4v) is 2.94. The highest BCUT2D eigenvalue weighted by atomic mass is 32.2. The van der Waals surface area contributed by atoms with Gasteiger partial charge in [0.1, 0.15) is 5.82 Å². The standard InChI is InChI=1S/C20H20BFN2O2S/c1-3-4-5-16(21-26)12-13-27-19-11-6-15(14-23-19)20(25)24(2)18-9-7-17(22)8-10-18/h3-12,14,21,26H,1,13H2,2H3/b5-4-,16-12-. The highest BCUT2D eigenvalue weighted by Gasteiger charge is 2.14. The first-order valence-corrected chi connectivity index (χ1v) is 9.25. The van der Waals surface area contributed by atoms with Crippen molar-refractivity contribution in [2.75, 3.05) is 17.7 Å². The smallest absolute Gasteiger partial charge is 0.304 e. The maximum absolute atomic E-state index is 13.0. The number of amides is 1. The van der Waals surface area contributed by atoms with Crippen molar-refractivity contribution in [2.45, 2.75) is 5.03 Å². The molecule has 1 aromatic heterocycles. The molecule has 1 heterocycles. The van der Waals surface area contributed by atoms with E-state index in [-0.39, 0.29) is 19.2 Å². The number of rotatable bonds is 8. The van der Waals surface area contributed by atoms with Crippen LogP contribution in [0.4, 0.5) is 10.1 Å². The zero-order valence-electron chi connectivity index (χ0n) is 15.0. The highest BCUT2D eigenvalue weighted by Crippen LogP contribution is 2.19. The fourth-order valence-electron chi connectivity index (χ4n) is 2.18. The Labute approximate surface area is 163 Å². The number of carbonyl (C=O) groups excluding carboxylic acids is 1. The fraction of sp³-hybridized carbons (Fsp3) is 0.100. The molecule has 2 aromatic rings. The van der Waals surface area contributed by atoms with Crippen molar-refractivity contribution in [2.24, 2.45) is 0 Å². The Morgan fingerprint density at radius 2 is 2.07 bits per heavy atom. The lowest BCUT2D eigenvalue weighted by Gasteiger charge is -2.17. The summed E-state index contributed by atoms with van der Waals surface area (Å²) in [4.78, 5) is 18.3. The quantitative estimate of drug-likeness (QED) is 0.431. The first-order chi connectivity index (χ1) is 13.0. The summed E-state index contributed by atoms with van der Waals surface area (Å²) in [5, 5.41) is 10.0. The third-order valence-corrected chi connectivity index (χ3v) is 4.58. The van der Waals surface area contributed by atoms with Gasteiger partial charge in [0.05, 0.1) is 10.6 Å². The lowest BCUT2D eigenvalue weighted by Crippen LogP contribution is -2.26. The molecule has 0 aliphatic heterocycles. The molecule has 0 unspecified atom stereocenters. The topological polar surface area (TPSA) is 53.4 Å². The van der Waals surface area contributed by atoms with Crippen LogP contribution in [0.5, 0.6) is 0 Å². The van der Waals surface area contributed by atoms with E-state index in [0.717, 1.165) is 10.5 Å². The van der Waals surface area contributed by atoms with E-state index in [9.17, 15) is 14.2 Å². The number of hydrogen-bond donors (Lipinski definition) is 1. The molecular weight excluding hydrogens is 362 g/mol. The van der Waals surface area contributed by atoms with Crippen LogP contribution < -0.4 is 4.90 Å². The summed E-state index contributed by atoms with van der Waals surface area (Å²) < 4.78 is 13.0. The molecule has 1 aromatic carbocycles. The van der Waals surface area contributed by atoms with Crippen LogP contribution in [0.1, 0.15) is 10.4 Å². The number of anilines is 1. The molecule has 0 saturated carbocycles. The van der Waals surface area contributed by atoms with Crippen molar-refractivity contribution < 1.29 is 14.2 Å². The van der Waals surface area contributed by atoms with Gasteiger partial charge in [-0.3, -0.25) is 4.79 Å². The van der Waals surface area contributed by atoms with E-state index >= 15 is 0 Å². The van der Waals surface area contributed by atoms with Gasteiger partial charge in [0, 0.05) is 24.7 Å². The molecule has 138 valence electrons.